The zero-order valence-electron chi connectivity index (χ0n) is 6.35. The van der Waals surface area contributed by atoms with E-state index in [4.69, 9.17) is 10.2 Å². The molecule has 0 aliphatic carbocycles. The molecule has 4 nitrogen and oxygen atoms in total. The van der Waals surface area contributed by atoms with Gasteiger partial charge in [0.15, 0.2) is 0 Å². The van der Waals surface area contributed by atoms with Crippen molar-refractivity contribution in [2.75, 3.05) is 0 Å². The normalized spacial score (nSPS) is 8.62. The summed E-state index contributed by atoms with van der Waals surface area (Å²) in [6, 6.07) is 5.02. The first-order valence-corrected chi connectivity index (χ1v) is 3.18. The minimum Gasteiger partial charge on any atom is -0.478 e. The van der Waals surface area contributed by atoms with Crippen LogP contribution in [0.4, 0.5) is 0 Å². The van der Waals surface area contributed by atoms with Crippen LogP contribution in [-0.4, -0.2) is 22.2 Å². The molecule has 0 atom stereocenters. The first kappa shape index (κ1) is 11.7. The van der Waals surface area contributed by atoms with Crippen LogP contribution in [0.3, 0.4) is 0 Å². The molecule has 0 unspecified atom stereocenters. The molecule has 1 aromatic rings. The molecule has 0 aliphatic rings. The van der Waals surface area contributed by atoms with Gasteiger partial charge in [0.2, 0.25) is 0 Å². The fourth-order valence-electron chi connectivity index (χ4n) is 0.755. The summed E-state index contributed by atoms with van der Waals surface area (Å²) in [5, 5.41) is 16.9. The molecule has 0 amide bonds. The number of hydrogen-bond acceptors (Lipinski definition) is 2. The van der Waals surface area contributed by atoms with Crippen molar-refractivity contribution >= 4 is 11.9 Å². The summed E-state index contributed by atoms with van der Waals surface area (Å²) in [7, 11) is 0. The van der Waals surface area contributed by atoms with Gasteiger partial charge >= 0.3 is 28.7 Å². The fourth-order valence-corrected chi connectivity index (χ4v) is 0.755. The zero-order chi connectivity index (χ0) is 9.14. The van der Waals surface area contributed by atoms with E-state index >= 15 is 0 Å². The minimum atomic E-state index is -1.06. The molecule has 1 aromatic carbocycles. The Morgan fingerprint density at radius 3 is 1.23 bits per heavy atom. The minimum absolute atomic E-state index is 0. The molecule has 0 heterocycles. The predicted octanol–water partition coefficient (Wildman–Crippen LogP) is 1.08. The largest absolute Gasteiger partial charge is 2.00 e. The SMILES string of the molecule is O=C(O)c1ccc(C(=O)O)cc1.[Co+2]. The molecule has 2 N–H and O–H groups in total. The van der Waals surface area contributed by atoms with Crippen LogP contribution in [0.15, 0.2) is 24.3 Å². The predicted molar refractivity (Wildman–Crippen MR) is 40.4 cm³/mol. The maximum atomic E-state index is 10.3. The molecular formula is C8H6CoO4+2. The third-order valence-corrected chi connectivity index (χ3v) is 1.38. The van der Waals surface area contributed by atoms with Crippen molar-refractivity contribution in [2.45, 2.75) is 0 Å². The molecule has 1 radical (unpaired) electrons. The average Bonchev–Trinajstić information content (AvgIpc) is 2.04. The van der Waals surface area contributed by atoms with E-state index < -0.39 is 11.9 Å². The molecule has 0 aliphatic heterocycles. The Labute approximate surface area is 84.4 Å². The Balaban J connectivity index is 0.00000144. The van der Waals surface area contributed by atoms with Gasteiger partial charge in [0.25, 0.3) is 0 Å². The number of aromatic carboxylic acids is 2. The van der Waals surface area contributed by atoms with E-state index in [2.05, 4.69) is 0 Å². The average molecular weight is 225 g/mol. The summed E-state index contributed by atoms with van der Waals surface area (Å²) in [5.41, 5.74) is 0.167. The summed E-state index contributed by atoms with van der Waals surface area (Å²) in [6.45, 7) is 0. The van der Waals surface area contributed by atoms with Gasteiger partial charge in [0.05, 0.1) is 11.1 Å². The van der Waals surface area contributed by atoms with Crippen molar-refractivity contribution in [3.05, 3.63) is 35.4 Å². The monoisotopic (exact) mass is 225 g/mol. The van der Waals surface area contributed by atoms with Crippen LogP contribution in [0.25, 0.3) is 0 Å². The van der Waals surface area contributed by atoms with Crippen molar-refractivity contribution in [2.24, 2.45) is 0 Å². The van der Waals surface area contributed by atoms with E-state index in [1.54, 1.807) is 0 Å². The first-order chi connectivity index (χ1) is 5.61. The van der Waals surface area contributed by atoms with Crippen molar-refractivity contribution in [1.82, 2.24) is 0 Å². The Bertz CT molecular complexity index is 284. The molecule has 0 bridgehead atoms. The van der Waals surface area contributed by atoms with Crippen molar-refractivity contribution in [3.63, 3.8) is 0 Å². The van der Waals surface area contributed by atoms with Gasteiger partial charge in [-0.2, -0.15) is 0 Å². The van der Waals surface area contributed by atoms with Gasteiger partial charge in [-0.1, -0.05) is 0 Å². The quantitative estimate of drug-likeness (QED) is 0.789. The third-order valence-electron chi connectivity index (χ3n) is 1.38. The Hall–Kier alpha value is -1.33. The Morgan fingerprint density at radius 1 is 0.846 bits per heavy atom. The third kappa shape index (κ3) is 2.88. The second kappa shape index (κ2) is 4.63. The molecule has 0 spiro atoms. The maximum absolute atomic E-state index is 10.3. The van der Waals surface area contributed by atoms with Crippen LogP contribution in [-0.2, 0) is 16.8 Å². The van der Waals surface area contributed by atoms with Crippen LogP contribution in [0.1, 0.15) is 20.7 Å². The van der Waals surface area contributed by atoms with E-state index in [9.17, 15) is 9.59 Å². The number of carbonyl (C=O) groups is 2. The Kier molecular flexibility index (Phi) is 4.16. The summed E-state index contributed by atoms with van der Waals surface area (Å²) in [5.74, 6) is -2.13. The van der Waals surface area contributed by atoms with E-state index in [0.29, 0.717) is 0 Å². The topological polar surface area (TPSA) is 74.6 Å². The van der Waals surface area contributed by atoms with Gasteiger partial charge in [-0.3, -0.25) is 0 Å². The number of carboxylic acid groups (broad SMARTS) is 2. The number of hydrogen-bond donors (Lipinski definition) is 2. The van der Waals surface area contributed by atoms with Gasteiger partial charge in [-0.25, -0.2) is 9.59 Å². The summed E-state index contributed by atoms with van der Waals surface area (Å²) >= 11 is 0. The molecule has 0 saturated heterocycles. The van der Waals surface area contributed by atoms with Gasteiger partial charge in [-0.05, 0) is 24.3 Å². The second-order valence-corrected chi connectivity index (χ2v) is 2.19. The van der Waals surface area contributed by atoms with Gasteiger partial charge in [-0.15, -0.1) is 0 Å². The fraction of sp³-hybridized carbons (Fsp3) is 0. The van der Waals surface area contributed by atoms with E-state index in [1.165, 1.54) is 24.3 Å². The van der Waals surface area contributed by atoms with Crippen LogP contribution < -0.4 is 0 Å². The summed E-state index contributed by atoms with van der Waals surface area (Å²) in [6.07, 6.45) is 0. The summed E-state index contributed by atoms with van der Waals surface area (Å²) in [4.78, 5) is 20.7. The smallest absolute Gasteiger partial charge is 0.478 e. The molecule has 1 rings (SSSR count). The zero-order valence-corrected chi connectivity index (χ0v) is 7.39. The molecule has 0 fully saturated rings. The second-order valence-electron chi connectivity index (χ2n) is 2.19. The molecule has 0 aromatic heterocycles. The van der Waals surface area contributed by atoms with Crippen molar-refractivity contribution in [3.8, 4) is 0 Å². The standard InChI is InChI=1S/C8H6O4.Co/c9-7(10)5-1-2-6(4-3-5)8(11)12;/h1-4H,(H,9,10)(H,11,12);/q;+2. The van der Waals surface area contributed by atoms with Crippen LogP contribution in [0, 0.1) is 0 Å². The number of benzene rings is 1. The Morgan fingerprint density at radius 2 is 1.08 bits per heavy atom. The van der Waals surface area contributed by atoms with Gasteiger partial charge in [0.1, 0.15) is 0 Å². The van der Waals surface area contributed by atoms with Gasteiger partial charge < -0.3 is 10.2 Å². The maximum Gasteiger partial charge on any atom is 2.00 e. The van der Waals surface area contributed by atoms with Crippen LogP contribution in [0.2, 0.25) is 0 Å². The van der Waals surface area contributed by atoms with Crippen molar-refractivity contribution < 1.29 is 36.6 Å². The molecule has 13 heavy (non-hydrogen) atoms. The van der Waals surface area contributed by atoms with E-state index in [-0.39, 0.29) is 27.9 Å². The number of carboxylic acids is 2. The molecule has 69 valence electrons. The summed E-state index contributed by atoms with van der Waals surface area (Å²) < 4.78 is 0. The van der Waals surface area contributed by atoms with Crippen LogP contribution in [0.5, 0.6) is 0 Å². The van der Waals surface area contributed by atoms with Gasteiger partial charge in [0, 0.05) is 0 Å². The number of rotatable bonds is 2. The first-order valence-electron chi connectivity index (χ1n) is 3.18. The molecular weight excluding hydrogens is 219 g/mol. The van der Waals surface area contributed by atoms with E-state index in [1.807, 2.05) is 0 Å². The van der Waals surface area contributed by atoms with E-state index in [0.717, 1.165) is 0 Å². The molecule has 0 saturated carbocycles. The van der Waals surface area contributed by atoms with Crippen LogP contribution >= 0.6 is 0 Å². The molecule has 5 heteroatoms. The van der Waals surface area contributed by atoms with Crippen molar-refractivity contribution in [1.29, 1.82) is 0 Å².